The van der Waals surface area contributed by atoms with Crippen molar-refractivity contribution in [3.8, 4) is 11.4 Å². The molecular formula is C14H13BrN4. The maximum absolute atomic E-state index is 6.00. The number of aryl methyl sites for hydroxylation is 1. The maximum atomic E-state index is 6.00. The molecule has 0 unspecified atom stereocenters. The van der Waals surface area contributed by atoms with Gasteiger partial charge in [0, 0.05) is 22.8 Å². The van der Waals surface area contributed by atoms with Crippen molar-refractivity contribution in [3.05, 3.63) is 41.1 Å². The second-order valence-corrected chi connectivity index (χ2v) is 5.19. The van der Waals surface area contributed by atoms with E-state index in [1.807, 2.05) is 18.2 Å². The highest BCUT2D eigenvalue weighted by atomic mass is 79.9. The fourth-order valence-corrected chi connectivity index (χ4v) is 2.59. The quantitative estimate of drug-likeness (QED) is 0.787. The highest BCUT2D eigenvalue weighted by Gasteiger charge is 2.13. The van der Waals surface area contributed by atoms with Crippen LogP contribution in [0.5, 0.6) is 0 Å². The molecule has 5 heteroatoms. The number of hydrogen-bond donors (Lipinski definition) is 1. The molecule has 0 spiro atoms. The summed E-state index contributed by atoms with van der Waals surface area (Å²) >= 11 is 3.47. The van der Waals surface area contributed by atoms with E-state index in [-0.39, 0.29) is 0 Å². The van der Waals surface area contributed by atoms with Crippen LogP contribution in [0.2, 0.25) is 0 Å². The summed E-state index contributed by atoms with van der Waals surface area (Å²) in [4.78, 5) is 8.73. The van der Waals surface area contributed by atoms with E-state index in [2.05, 4.69) is 38.5 Å². The van der Waals surface area contributed by atoms with Crippen LogP contribution >= 0.6 is 15.9 Å². The molecule has 0 bridgehead atoms. The Balaban J connectivity index is 2.32. The molecule has 0 atom stereocenters. The first-order valence-corrected chi connectivity index (χ1v) is 6.85. The summed E-state index contributed by atoms with van der Waals surface area (Å²) in [6, 6.07) is 8.01. The van der Waals surface area contributed by atoms with Crippen molar-refractivity contribution in [2.24, 2.45) is 0 Å². The maximum Gasteiger partial charge on any atom is 0.143 e. The van der Waals surface area contributed by atoms with E-state index in [0.29, 0.717) is 5.69 Å². The summed E-state index contributed by atoms with van der Waals surface area (Å²) in [5.41, 5.74) is 9.64. The number of nitrogens with zero attached hydrogens (tertiary/aromatic N) is 3. The number of nitrogens with two attached hydrogens (primary N) is 1. The summed E-state index contributed by atoms with van der Waals surface area (Å²) in [5, 5.41) is 0. The topological polar surface area (TPSA) is 56.7 Å². The van der Waals surface area contributed by atoms with Crippen LogP contribution in [-0.4, -0.2) is 14.5 Å². The number of halogens is 1. The van der Waals surface area contributed by atoms with Crippen molar-refractivity contribution in [3.63, 3.8) is 0 Å². The van der Waals surface area contributed by atoms with Crippen molar-refractivity contribution in [1.29, 1.82) is 0 Å². The van der Waals surface area contributed by atoms with E-state index in [0.717, 1.165) is 33.4 Å². The van der Waals surface area contributed by atoms with Gasteiger partial charge in [-0.2, -0.15) is 0 Å². The van der Waals surface area contributed by atoms with Gasteiger partial charge in [0.05, 0.1) is 22.9 Å². The van der Waals surface area contributed by atoms with Gasteiger partial charge in [-0.05, 0) is 31.2 Å². The first-order chi connectivity index (χ1) is 9.20. The molecule has 0 aliphatic carbocycles. The minimum Gasteiger partial charge on any atom is -0.397 e. The zero-order chi connectivity index (χ0) is 13.4. The second kappa shape index (κ2) is 4.66. The number of imidazole rings is 1. The normalized spacial score (nSPS) is 11.1. The van der Waals surface area contributed by atoms with Gasteiger partial charge in [-0.1, -0.05) is 15.9 Å². The van der Waals surface area contributed by atoms with Crippen molar-refractivity contribution < 1.29 is 0 Å². The van der Waals surface area contributed by atoms with Gasteiger partial charge in [0.1, 0.15) is 5.82 Å². The van der Waals surface area contributed by atoms with E-state index >= 15 is 0 Å². The third kappa shape index (κ3) is 2.00. The van der Waals surface area contributed by atoms with Crippen molar-refractivity contribution in [1.82, 2.24) is 14.5 Å². The van der Waals surface area contributed by atoms with Gasteiger partial charge in [0.2, 0.25) is 0 Å². The van der Waals surface area contributed by atoms with Gasteiger partial charge in [-0.25, -0.2) is 4.98 Å². The van der Waals surface area contributed by atoms with Crippen LogP contribution in [-0.2, 0) is 6.54 Å². The van der Waals surface area contributed by atoms with Crippen LogP contribution < -0.4 is 5.73 Å². The lowest BCUT2D eigenvalue weighted by Crippen LogP contribution is -2.00. The van der Waals surface area contributed by atoms with Gasteiger partial charge in [-0.15, -0.1) is 0 Å². The lowest BCUT2D eigenvalue weighted by molar-refractivity contribution is 0.796. The fourth-order valence-electron chi connectivity index (χ4n) is 2.24. The monoisotopic (exact) mass is 316 g/mol. The van der Waals surface area contributed by atoms with E-state index in [9.17, 15) is 0 Å². The summed E-state index contributed by atoms with van der Waals surface area (Å²) in [6.07, 6.45) is 3.39. The van der Waals surface area contributed by atoms with Gasteiger partial charge in [0.15, 0.2) is 0 Å². The van der Waals surface area contributed by atoms with Gasteiger partial charge >= 0.3 is 0 Å². The summed E-state index contributed by atoms with van der Waals surface area (Å²) in [5.74, 6) is 0.885. The standard InChI is InChI=1S/C14H13BrN4/c1-2-19-13-4-3-9(15)7-12(13)18-14(19)10-5-6-17-8-11(10)16/h3-8H,2,16H2,1H3. The molecule has 0 fully saturated rings. The van der Waals surface area contributed by atoms with Crippen LogP contribution in [0.3, 0.4) is 0 Å². The molecule has 1 aromatic carbocycles. The average Bonchev–Trinajstić information content (AvgIpc) is 2.76. The van der Waals surface area contributed by atoms with E-state index in [4.69, 9.17) is 10.7 Å². The Bertz CT molecular complexity index is 748. The Morgan fingerprint density at radius 1 is 1.32 bits per heavy atom. The molecule has 19 heavy (non-hydrogen) atoms. The molecule has 0 radical (unpaired) electrons. The number of fused-ring (bicyclic) bond motifs is 1. The van der Waals surface area contributed by atoms with Crippen LogP contribution in [0.4, 0.5) is 5.69 Å². The lowest BCUT2D eigenvalue weighted by atomic mass is 10.2. The number of nitrogen functional groups attached to an aromatic ring is 1. The Kier molecular flexibility index (Phi) is 2.98. The predicted octanol–water partition coefficient (Wildman–Crippen LogP) is 3.46. The molecule has 3 rings (SSSR count). The van der Waals surface area contributed by atoms with E-state index in [1.54, 1.807) is 12.4 Å². The van der Waals surface area contributed by atoms with Crippen molar-refractivity contribution in [2.45, 2.75) is 13.5 Å². The first kappa shape index (κ1) is 12.2. The Labute approximate surface area is 119 Å². The molecule has 2 heterocycles. The number of aromatic nitrogens is 3. The third-order valence-electron chi connectivity index (χ3n) is 3.12. The second-order valence-electron chi connectivity index (χ2n) is 4.28. The number of hydrogen-bond acceptors (Lipinski definition) is 3. The highest BCUT2D eigenvalue weighted by molar-refractivity contribution is 9.10. The summed E-state index contributed by atoms with van der Waals surface area (Å²) in [6.45, 7) is 2.94. The summed E-state index contributed by atoms with van der Waals surface area (Å²) < 4.78 is 3.18. The molecule has 96 valence electrons. The van der Waals surface area contributed by atoms with Crippen LogP contribution in [0.25, 0.3) is 22.4 Å². The molecular weight excluding hydrogens is 304 g/mol. The Hall–Kier alpha value is -1.88. The summed E-state index contributed by atoms with van der Waals surface area (Å²) in [7, 11) is 0. The van der Waals surface area contributed by atoms with Crippen LogP contribution in [0, 0.1) is 0 Å². The Morgan fingerprint density at radius 3 is 2.89 bits per heavy atom. The molecule has 2 N–H and O–H groups in total. The largest absolute Gasteiger partial charge is 0.397 e. The molecule has 0 amide bonds. The predicted molar refractivity (Wildman–Crippen MR) is 80.8 cm³/mol. The zero-order valence-electron chi connectivity index (χ0n) is 10.5. The Morgan fingerprint density at radius 2 is 2.16 bits per heavy atom. The van der Waals surface area contributed by atoms with Crippen molar-refractivity contribution in [2.75, 3.05) is 5.73 Å². The van der Waals surface area contributed by atoms with E-state index in [1.165, 1.54) is 0 Å². The smallest absolute Gasteiger partial charge is 0.143 e. The molecule has 0 saturated carbocycles. The molecule has 4 nitrogen and oxygen atoms in total. The number of anilines is 1. The van der Waals surface area contributed by atoms with Gasteiger partial charge < -0.3 is 10.3 Å². The fraction of sp³-hybridized carbons (Fsp3) is 0.143. The first-order valence-electron chi connectivity index (χ1n) is 6.06. The minimum atomic E-state index is 0.645. The molecule has 0 aliphatic heterocycles. The zero-order valence-corrected chi connectivity index (χ0v) is 12.1. The van der Waals surface area contributed by atoms with Crippen LogP contribution in [0.15, 0.2) is 41.1 Å². The van der Waals surface area contributed by atoms with Crippen molar-refractivity contribution >= 4 is 32.7 Å². The molecule has 0 saturated heterocycles. The molecule has 0 aliphatic rings. The average molecular weight is 317 g/mol. The lowest BCUT2D eigenvalue weighted by Gasteiger charge is -2.07. The van der Waals surface area contributed by atoms with E-state index < -0.39 is 0 Å². The van der Waals surface area contributed by atoms with Crippen LogP contribution in [0.1, 0.15) is 6.92 Å². The SMILES string of the molecule is CCn1c(-c2ccncc2N)nc2cc(Br)ccc21. The molecule has 3 aromatic rings. The third-order valence-corrected chi connectivity index (χ3v) is 3.61. The number of benzene rings is 1. The number of pyridine rings is 1. The van der Waals surface area contributed by atoms with Gasteiger partial charge in [0.25, 0.3) is 0 Å². The highest BCUT2D eigenvalue weighted by Crippen LogP contribution is 2.29. The minimum absolute atomic E-state index is 0.645. The number of rotatable bonds is 2. The molecule has 2 aromatic heterocycles. The van der Waals surface area contributed by atoms with Gasteiger partial charge in [-0.3, -0.25) is 4.98 Å².